The topological polar surface area (TPSA) is 37.8 Å². The van der Waals surface area contributed by atoms with Crippen molar-refractivity contribution in [2.45, 2.75) is 26.8 Å². The normalized spacial score (nSPS) is 12.7. The van der Waals surface area contributed by atoms with Crippen molar-refractivity contribution in [3.8, 4) is 0 Å². The van der Waals surface area contributed by atoms with Crippen LogP contribution >= 0.6 is 27.3 Å². The van der Waals surface area contributed by atoms with Gasteiger partial charge in [0.15, 0.2) is 0 Å². The van der Waals surface area contributed by atoms with Crippen LogP contribution in [0.2, 0.25) is 0 Å². The summed E-state index contributed by atoms with van der Waals surface area (Å²) < 4.78 is 0.993. The highest BCUT2D eigenvalue weighted by molar-refractivity contribution is 9.10. The summed E-state index contributed by atoms with van der Waals surface area (Å²) in [7, 11) is 0. The van der Waals surface area contributed by atoms with Gasteiger partial charge in [-0.15, -0.1) is 11.3 Å². The second-order valence-corrected chi connectivity index (χ2v) is 6.27. The van der Waals surface area contributed by atoms with E-state index in [1.807, 2.05) is 6.20 Å². The van der Waals surface area contributed by atoms with Gasteiger partial charge in [-0.25, -0.2) is 4.98 Å². The lowest BCUT2D eigenvalue weighted by molar-refractivity contribution is 0.624. The highest BCUT2D eigenvalue weighted by atomic mass is 79.9. The van der Waals surface area contributed by atoms with Gasteiger partial charge in [-0.1, -0.05) is 6.92 Å². The molecule has 2 aromatic rings. The third-order valence-electron chi connectivity index (χ3n) is 2.76. The maximum atomic E-state index is 4.65. The van der Waals surface area contributed by atoms with Crippen LogP contribution in [0.1, 0.15) is 34.1 Å². The summed E-state index contributed by atoms with van der Waals surface area (Å²) in [6.45, 7) is 7.16. The van der Waals surface area contributed by atoms with Gasteiger partial charge in [0.2, 0.25) is 0 Å². The molecular formula is C13H16BrN3S. The number of thiazole rings is 1. The van der Waals surface area contributed by atoms with E-state index in [-0.39, 0.29) is 6.04 Å². The van der Waals surface area contributed by atoms with Crippen molar-refractivity contribution in [1.29, 1.82) is 0 Å². The Kier molecular flexibility index (Phi) is 4.48. The van der Waals surface area contributed by atoms with E-state index in [1.54, 1.807) is 17.5 Å². The molecule has 0 fully saturated rings. The number of rotatable bonds is 4. The van der Waals surface area contributed by atoms with Gasteiger partial charge in [-0.05, 0) is 48.0 Å². The molecule has 0 saturated carbocycles. The van der Waals surface area contributed by atoms with Crippen LogP contribution in [-0.2, 0) is 0 Å². The van der Waals surface area contributed by atoms with Crippen LogP contribution in [0, 0.1) is 13.8 Å². The van der Waals surface area contributed by atoms with Crippen molar-refractivity contribution in [2.75, 3.05) is 6.54 Å². The van der Waals surface area contributed by atoms with Crippen LogP contribution in [0.4, 0.5) is 0 Å². The molecule has 0 bridgehead atoms. The molecule has 0 aromatic carbocycles. The number of hydrogen-bond donors (Lipinski definition) is 1. The Bertz CT molecular complexity index is 519. The number of pyridine rings is 1. The third kappa shape index (κ3) is 2.96. The number of nitrogens with zero attached hydrogens (tertiary/aromatic N) is 2. The van der Waals surface area contributed by atoms with Crippen molar-refractivity contribution in [1.82, 2.24) is 15.3 Å². The highest BCUT2D eigenvalue weighted by Gasteiger charge is 2.18. The molecule has 0 saturated heterocycles. The van der Waals surface area contributed by atoms with E-state index in [0.29, 0.717) is 0 Å². The predicted octanol–water partition coefficient (Wildman–Crippen LogP) is 3.62. The molecule has 2 rings (SSSR count). The summed E-state index contributed by atoms with van der Waals surface area (Å²) in [4.78, 5) is 10.2. The van der Waals surface area contributed by atoms with Crippen LogP contribution in [-0.4, -0.2) is 16.5 Å². The minimum Gasteiger partial charge on any atom is -0.304 e. The maximum absolute atomic E-state index is 4.65. The highest BCUT2D eigenvalue weighted by Crippen LogP contribution is 2.28. The van der Waals surface area contributed by atoms with E-state index in [1.165, 1.54) is 4.88 Å². The van der Waals surface area contributed by atoms with Crippen LogP contribution in [0.25, 0.3) is 0 Å². The lowest BCUT2D eigenvalue weighted by Gasteiger charge is -2.15. The zero-order valence-corrected chi connectivity index (χ0v) is 13.1. The average molecular weight is 326 g/mol. The largest absolute Gasteiger partial charge is 0.304 e. The van der Waals surface area contributed by atoms with Crippen molar-refractivity contribution >= 4 is 27.3 Å². The summed E-state index contributed by atoms with van der Waals surface area (Å²) in [5, 5.41) is 4.57. The number of hydrogen-bond acceptors (Lipinski definition) is 4. The molecule has 2 aromatic heterocycles. The monoisotopic (exact) mass is 325 g/mol. The predicted molar refractivity (Wildman–Crippen MR) is 79.0 cm³/mol. The van der Waals surface area contributed by atoms with E-state index in [4.69, 9.17) is 0 Å². The summed E-state index contributed by atoms with van der Waals surface area (Å²) in [6, 6.07) is 2.21. The Morgan fingerprint density at radius 3 is 2.72 bits per heavy atom. The van der Waals surface area contributed by atoms with Crippen LogP contribution in [0.15, 0.2) is 22.9 Å². The van der Waals surface area contributed by atoms with Crippen molar-refractivity contribution < 1.29 is 0 Å². The zero-order chi connectivity index (χ0) is 13.1. The van der Waals surface area contributed by atoms with Gasteiger partial charge >= 0.3 is 0 Å². The first-order valence-electron chi connectivity index (χ1n) is 5.89. The molecule has 3 nitrogen and oxygen atoms in total. The standard InChI is InChI=1S/C13H16BrN3S/c1-4-16-12(10-5-11(14)7-15-6-10)13-17-8(2)9(3)18-13/h5-7,12,16H,4H2,1-3H3. The quantitative estimate of drug-likeness (QED) is 0.932. The first-order chi connectivity index (χ1) is 8.61. The van der Waals surface area contributed by atoms with E-state index in [0.717, 1.165) is 27.3 Å². The zero-order valence-electron chi connectivity index (χ0n) is 10.7. The Hall–Kier alpha value is -0.780. The van der Waals surface area contributed by atoms with Gasteiger partial charge in [0.1, 0.15) is 5.01 Å². The Morgan fingerprint density at radius 1 is 1.39 bits per heavy atom. The van der Waals surface area contributed by atoms with Gasteiger partial charge in [-0.3, -0.25) is 4.98 Å². The molecule has 2 heterocycles. The fourth-order valence-corrected chi connectivity index (χ4v) is 3.17. The summed E-state index contributed by atoms with van der Waals surface area (Å²) in [6.07, 6.45) is 3.69. The van der Waals surface area contributed by atoms with Gasteiger partial charge in [-0.2, -0.15) is 0 Å². The third-order valence-corrected chi connectivity index (χ3v) is 4.33. The minimum atomic E-state index is 0.123. The minimum absolute atomic E-state index is 0.123. The number of halogens is 1. The molecule has 1 unspecified atom stereocenters. The molecule has 0 radical (unpaired) electrons. The van der Waals surface area contributed by atoms with Gasteiger partial charge in [0, 0.05) is 21.7 Å². The smallest absolute Gasteiger partial charge is 0.115 e. The first-order valence-corrected chi connectivity index (χ1v) is 7.50. The van der Waals surface area contributed by atoms with E-state index in [2.05, 4.69) is 58.1 Å². The molecule has 5 heteroatoms. The number of nitrogens with one attached hydrogen (secondary N) is 1. The van der Waals surface area contributed by atoms with Crippen LogP contribution < -0.4 is 5.32 Å². The second-order valence-electron chi connectivity index (χ2n) is 4.12. The lowest BCUT2D eigenvalue weighted by atomic mass is 10.1. The lowest BCUT2D eigenvalue weighted by Crippen LogP contribution is -2.22. The van der Waals surface area contributed by atoms with Crippen molar-refractivity contribution in [3.63, 3.8) is 0 Å². The van der Waals surface area contributed by atoms with Crippen LogP contribution in [0.3, 0.4) is 0 Å². The Labute approximate surface area is 120 Å². The molecule has 0 aliphatic heterocycles. The molecule has 1 atom stereocenters. The van der Waals surface area contributed by atoms with Crippen molar-refractivity contribution in [3.05, 3.63) is 44.1 Å². The summed E-state index contributed by atoms with van der Waals surface area (Å²) >= 11 is 5.21. The molecule has 1 N–H and O–H groups in total. The first kappa shape index (κ1) is 13.6. The van der Waals surface area contributed by atoms with E-state index >= 15 is 0 Å². The van der Waals surface area contributed by atoms with E-state index < -0.39 is 0 Å². The van der Waals surface area contributed by atoms with Crippen molar-refractivity contribution in [2.24, 2.45) is 0 Å². The Balaban J connectivity index is 2.39. The Morgan fingerprint density at radius 2 is 2.17 bits per heavy atom. The molecule has 0 spiro atoms. The van der Waals surface area contributed by atoms with Gasteiger partial charge in [0.05, 0.1) is 11.7 Å². The molecule has 0 aliphatic rings. The molecule has 18 heavy (non-hydrogen) atoms. The van der Waals surface area contributed by atoms with Gasteiger partial charge < -0.3 is 5.32 Å². The van der Waals surface area contributed by atoms with E-state index in [9.17, 15) is 0 Å². The molecule has 0 amide bonds. The van der Waals surface area contributed by atoms with Crippen LogP contribution in [0.5, 0.6) is 0 Å². The molecular weight excluding hydrogens is 310 g/mol. The molecule has 96 valence electrons. The summed E-state index contributed by atoms with van der Waals surface area (Å²) in [5.41, 5.74) is 2.25. The fourth-order valence-electron chi connectivity index (χ4n) is 1.76. The average Bonchev–Trinajstić information content (AvgIpc) is 2.66. The number of aryl methyl sites for hydroxylation is 2. The van der Waals surface area contributed by atoms with Gasteiger partial charge in [0.25, 0.3) is 0 Å². The second kappa shape index (κ2) is 5.91. The molecule has 0 aliphatic carbocycles. The number of aromatic nitrogens is 2. The fraction of sp³-hybridized carbons (Fsp3) is 0.385. The summed E-state index contributed by atoms with van der Waals surface area (Å²) in [5.74, 6) is 0. The maximum Gasteiger partial charge on any atom is 0.115 e. The SMILES string of the molecule is CCNC(c1cncc(Br)c1)c1nc(C)c(C)s1.